The summed E-state index contributed by atoms with van der Waals surface area (Å²) in [5, 5.41) is 0. The number of ether oxygens (including phenoxy) is 4. The first-order chi connectivity index (χ1) is 34.6. The normalized spacial score (nSPS) is 10.3. The first-order valence-corrected chi connectivity index (χ1v) is 24.3. The Bertz CT molecular complexity index is 1940. The van der Waals surface area contributed by atoms with Crippen molar-refractivity contribution in [1.82, 2.24) is 0 Å². The summed E-state index contributed by atoms with van der Waals surface area (Å²) in [6.45, 7) is 25.4. The van der Waals surface area contributed by atoms with Crippen LogP contribution < -0.4 is 9.47 Å². The summed E-state index contributed by atoms with van der Waals surface area (Å²) < 4.78 is 23.7. The molecule has 0 bridgehead atoms. The zero-order valence-corrected chi connectivity index (χ0v) is 41.2. The summed E-state index contributed by atoms with van der Waals surface area (Å²) in [5.41, 5.74) is 8.36. The maximum absolute atomic E-state index is 6.51. The summed E-state index contributed by atoms with van der Waals surface area (Å²) in [4.78, 5) is 40.2. The average Bonchev–Trinajstić information content (AvgIpc) is 3.38. The minimum atomic E-state index is 0.448. The summed E-state index contributed by atoms with van der Waals surface area (Å²) in [7, 11) is 0. The molecular weight excluding hydrogens is 889 g/mol. The van der Waals surface area contributed by atoms with E-state index in [0.717, 1.165) is 131 Å². The number of hydrogen-bond donors (Lipinski definition) is 0. The molecular formula is C58H74O12. The number of hydrogen-bond acceptors (Lipinski definition) is 12. The van der Waals surface area contributed by atoms with Gasteiger partial charge in [0, 0.05) is 16.7 Å². The summed E-state index contributed by atoms with van der Waals surface area (Å²) in [6.07, 6.45) is 21.5. The van der Waals surface area contributed by atoms with Crippen molar-refractivity contribution in [1.29, 1.82) is 0 Å². The SMILES string of the molecule is C=COCCCCOc1c(C#Cc2ccc(C#Cc3ccc(CCCCOOC=C)c(CCCCOOC=C)c3CCCCOOC=C)cc2)ccc(CCCCOOC=C)c1OCCCCOC=C. The van der Waals surface area contributed by atoms with Crippen molar-refractivity contribution in [2.24, 2.45) is 0 Å². The van der Waals surface area contributed by atoms with Crippen molar-refractivity contribution in [3.63, 3.8) is 0 Å². The Hall–Kier alpha value is -6.54. The third-order valence-electron chi connectivity index (χ3n) is 10.5. The van der Waals surface area contributed by atoms with E-state index in [1.807, 2.05) is 30.3 Å². The molecule has 12 nitrogen and oxygen atoms in total. The van der Waals surface area contributed by atoms with Gasteiger partial charge in [-0.15, -0.1) is 0 Å². The molecule has 12 heteroatoms. The van der Waals surface area contributed by atoms with E-state index in [4.69, 9.17) is 58.0 Å². The van der Waals surface area contributed by atoms with Crippen molar-refractivity contribution >= 4 is 0 Å². The quantitative estimate of drug-likeness (QED) is 0.0177. The molecule has 378 valence electrons. The van der Waals surface area contributed by atoms with Crippen molar-refractivity contribution in [3.05, 3.63) is 170 Å². The number of aryl methyl sites for hydroxylation is 2. The van der Waals surface area contributed by atoms with Gasteiger partial charge in [-0.1, -0.05) is 75.3 Å². The molecule has 0 fully saturated rings. The van der Waals surface area contributed by atoms with Crippen LogP contribution >= 0.6 is 0 Å². The lowest BCUT2D eigenvalue weighted by atomic mass is 9.87. The highest BCUT2D eigenvalue weighted by Gasteiger charge is 2.17. The summed E-state index contributed by atoms with van der Waals surface area (Å²) in [6, 6.07) is 16.5. The van der Waals surface area contributed by atoms with Crippen LogP contribution in [0.1, 0.15) is 122 Å². The number of rotatable bonds is 42. The molecule has 0 aromatic heterocycles. The highest BCUT2D eigenvalue weighted by molar-refractivity contribution is 5.60. The van der Waals surface area contributed by atoms with Gasteiger partial charge in [-0.25, -0.2) is 0 Å². The van der Waals surface area contributed by atoms with Crippen LogP contribution in [0.4, 0.5) is 0 Å². The van der Waals surface area contributed by atoms with Gasteiger partial charge >= 0.3 is 0 Å². The van der Waals surface area contributed by atoms with Crippen LogP contribution in [0.2, 0.25) is 0 Å². The van der Waals surface area contributed by atoms with Gasteiger partial charge in [-0.05, 0) is 161 Å². The molecule has 0 heterocycles. The molecule has 3 aromatic carbocycles. The van der Waals surface area contributed by atoms with E-state index in [0.29, 0.717) is 64.4 Å². The monoisotopic (exact) mass is 963 g/mol. The van der Waals surface area contributed by atoms with Crippen LogP contribution in [0.5, 0.6) is 11.5 Å². The van der Waals surface area contributed by atoms with Crippen molar-refractivity contribution in [2.45, 2.75) is 103 Å². The Morgan fingerprint density at radius 2 is 0.714 bits per heavy atom. The molecule has 0 spiro atoms. The third kappa shape index (κ3) is 24.7. The van der Waals surface area contributed by atoms with E-state index in [-0.39, 0.29) is 0 Å². The summed E-state index contributed by atoms with van der Waals surface area (Å²) in [5.74, 6) is 15.1. The van der Waals surface area contributed by atoms with Crippen molar-refractivity contribution < 1.29 is 58.0 Å². The molecule has 3 aromatic rings. The van der Waals surface area contributed by atoms with Crippen LogP contribution in [0.3, 0.4) is 0 Å². The van der Waals surface area contributed by atoms with E-state index in [1.165, 1.54) is 54.3 Å². The molecule has 70 heavy (non-hydrogen) atoms. The summed E-state index contributed by atoms with van der Waals surface area (Å²) >= 11 is 0. The van der Waals surface area contributed by atoms with E-state index in [2.05, 4.69) is 81.4 Å². The largest absolute Gasteiger partial charge is 0.502 e. The third-order valence-corrected chi connectivity index (χ3v) is 10.5. The molecule has 0 radical (unpaired) electrons. The lowest BCUT2D eigenvalue weighted by molar-refractivity contribution is -0.248. The molecule has 0 unspecified atom stereocenters. The van der Waals surface area contributed by atoms with Gasteiger partial charge in [0.25, 0.3) is 0 Å². The average molecular weight is 963 g/mol. The molecule has 3 rings (SSSR count). The maximum atomic E-state index is 6.51. The molecule has 0 N–H and O–H groups in total. The molecule has 0 aliphatic carbocycles. The van der Waals surface area contributed by atoms with Crippen LogP contribution in [-0.2, 0) is 74.3 Å². The second-order valence-corrected chi connectivity index (χ2v) is 15.6. The molecule has 0 aliphatic heterocycles. The fraction of sp³-hybridized carbons (Fsp3) is 0.414. The predicted octanol–water partition coefficient (Wildman–Crippen LogP) is 12.8. The minimum Gasteiger partial charge on any atom is -0.502 e. The Morgan fingerprint density at radius 3 is 1.20 bits per heavy atom. The fourth-order valence-electron chi connectivity index (χ4n) is 7.16. The van der Waals surface area contributed by atoms with Crippen molar-refractivity contribution in [2.75, 3.05) is 52.9 Å². The van der Waals surface area contributed by atoms with E-state index >= 15 is 0 Å². The fourth-order valence-corrected chi connectivity index (χ4v) is 7.16. The molecule has 0 amide bonds. The Morgan fingerprint density at radius 1 is 0.329 bits per heavy atom. The van der Waals surface area contributed by atoms with E-state index < -0.39 is 0 Å². The first-order valence-electron chi connectivity index (χ1n) is 24.3. The number of unbranched alkanes of at least 4 members (excludes halogenated alkanes) is 6. The zero-order valence-electron chi connectivity index (χ0n) is 41.2. The van der Waals surface area contributed by atoms with Gasteiger partial charge in [0.2, 0.25) is 0 Å². The standard InChI is InChI=1S/C58H74O12/c1-7-59-41-21-23-43-61-57-53(26-14-18-46-68-64-10-4)39-40-54(58(57)62-44-24-22-42-60-8-2)36-34-50-31-29-49(30-32-50)33-35-52-38-37-51(25-13-17-45-67-63-9-3)55(27-15-19-47-69-65-11-5)56(52)28-16-20-48-70-66-12-6/h7-12,29-32,37-40H,1-6,13-28,41-48H2. The van der Waals surface area contributed by atoms with E-state index in [9.17, 15) is 0 Å². The first kappa shape index (κ1) is 57.8. The predicted molar refractivity (Wildman–Crippen MR) is 274 cm³/mol. The Kier molecular flexibility index (Phi) is 32.5. The highest BCUT2D eigenvalue weighted by atomic mass is 17.2. The van der Waals surface area contributed by atoms with Gasteiger partial charge in [0.05, 0.1) is 70.9 Å². The van der Waals surface area contributed by atoms with E-state index in [1.54, 1.807) is 0 Å². The van der Waals surface area contributed by atoms with Crippen LogP contribution in [0, 0.1) is 23.7 Å². The van der Waals surface area contributed by atoms with Gasteiger partial charge in [0.1, 0.15) is 25.0 Å². The Balaban J connectivity index is 1.95. The maximum Gasteiger partial charge on any atom is 0.177 e. The molecule has 0 saturated heterocycles. The lowest BCUT2D eigenvalue weighted by Gasteiger charge is -2.18. The topological polar surface area (TPSA) is 111 Å². The molecule has 0 atom stereocenters. The second-order valence-electron chi connectivity index (χ2n) is 15.6. The van der Waals surface area contributed by atoms with Crippen LogP contribution in [0.25, 0.3) is 0 Å². The van der Waals surface area contributed by atoms with Gasteiger partial charge in [-0.2, -0.15) is 19.6 Å². The number of benzene rings is 3. The Labute approximate surface area is 417 Å². The van der Waals surface area contributed by atoms with Gasteiger partial charge in [-0.3, -0.25) is 0 Å². The lowest BCUT2D eigenvalue weighted by Crippen LogP contribution is -2.08. The molecule has 0 aliphatic rings. The smallest absolute Gasteiger partial charge is 0.177 e. The van der Waals surface area contributed by atoms with Gasteiger partial charge in [0.15, 0.2) is 11.5 Å². The van der Waals surface area contributed by atoms with Crippen LogP contribution in [0.15, 0.2) is 126 Å². The zero-order chi connectivity index (χ0) is 50.0. The second kappa shape index (κ2) is 39.3. The minimum absolute atomic E-state index is 0.448. The van der Waals surface area contributed by atoms with Crippen LogP contribution in [-0.4, -0.2) is 52.9 Å². The van der Waals surface area contributed by atoms with Gasteiger partial charge < -0.3 is 38.5 Å². The molecule has 0 saturated carbocycles. The van der Waals surface area contributed by atoms with Crippen molar-refractivity contribution in [3.8, 4) is 35.2 Å². The highest BCUT2D eigenvalue weighted by Crippen LogP contribution is 2.37.